The molecule has 0 amide bonds. The van der Waals surface area contributed by atoms with Gasteiger partial charge in [-0.15, -0.1) is 0 Å². The van der Waals surface area contributed by atoms with Gasteiger partial charge in [0.25, 0.3) is 0 Å². The Bertz CT molecular complexity index is 717. The summed E-state index contributed by atoms with van der Waals surface area (Å²) in [6, 6.07) is 0. The third-order valence-corrected chi connectivity index (χ3v) is 14.9. The quantitative estimate of drug-likeness (QED) is 0.215. The SMILES string of the molecule is CCC1(C(C)C(C)C(C)C(C(C)C)C2(CC)CC2(C)C(C)C(C)C(C)CCC(C)C(C)(C)C)C(C)C1C. The summed E-state index contributed by atoms with van der Waals surface area (Å²) in [6.45, 7) is 43.3. The van der Waals surface area contributed by atoms with Crippen LogP contribution >= 0.6 is 0 Å². The summed E-state index contributed by atoms with van der Waals surface area (Å²) in [5.74, 6) is 8.95. The molecule has 2 aliphatic rings. The van der Waals surface area contributed by atoms with Crippen LogP contribution in [-0.2, 0) is 0 Å². The van der Waals surface area contributed by atoms with E-state index in [1.165, 1.54) is 32.1 Å². The van der Waals surface area contributed by atoms with Crippen LogP contribution in [0.2, 0.25) is 0 Å². The zero-order valence-electron chi connectivity index (χ0n) is 28.9. The molecule has 12 atom stereocenters. The predicted molar refractivity (Wildman–Crippen MR) is 168 cm³/mol. The minimum Gasteiger partial charge on any atom is -0.0648 e. The van der Waals surface area contributed by atoms with Gasteiger partial charge in [-0.25, -0.2) is 0 Å². The largest absolute Gasteiger partial charge is 0.0648 e. The Hall–Kier alpha value is 0. The molecule has 0 nitrogen and oxygen atoms in total. The molecule has 0 aromatic rings. The van der Waals surface area contributed by atoms with E-state index < -0.39 is 0 Å². The van der Waals surface area contributed by atoms with Crippen molar-refractivity contribution >= 4 is 0 Å². The third-order valence-electron chi connectivity index (χ3n) is 14.9. The van der Waals surface area contributed by atoms with Crippen molar-refractivity contribution in [2.75, 3.05) is 0 Å². The van der Waals surface area contributed by atoms with E-state index in [0.717, 1.165) is 65.1 Å². The van der Waals surface area contributed by atoms with Crippen LogP contribution in [-0.4, -0.2) is 0 Å². The van der Waals surface area contributed by atoms with E-state index >= 15 is 0 Å². The highest BCUT2D eigenvalue weighted by Gasteiger charge is 2.70. The normalized spacial score (nSPS) is 38.4. The molecule has 2 rings (SSSR count). The molecule has 0 aromatic carbocycles. The standard InChI is InChI=1S/C37H72/c1-18-36(22-35(36,17)29(10)26(7)24(5)20-21-25(6)34(14,15)16)33(23(3)4)28(9)27(8)30(11)37(19-2)31(12)32(37)13/h23-33H,18-22H2,1-17H3. The summed E-state index contributed by atoms with van der Waals surface area (Å²) >= 11 is 0. The first-order chi connectivity index (χ1) is 16.8. The van der Waals surface area contributed by atoms with Crippen LogP contribution in [0.4, 0.5) is 0 Å². The first kappa shape index (κ1) is 33.2. The van der Waals surface area contributed by atoms with Gasteiger partial charge in [-0.3, -0.25) is 0 Å². The minimum absolute atomic E-state index is 0.426. The molecule has 0 heteroatoms. The van der Waals surface area contributed by atoms with Crippen molar-refractivity contribution in [2.45, 2.75) is 150 Å². The van der Waals surface area contributed by atoms with E-state index in [2.05, 4.69) is 118 Å². The maximum atomic E-state index is 2.71. The second-order valence-corrected chi connectivity index (χ2v) is 16.9. The highest BCUT2D eigenvalue weighted by molar-refractivity contribution is 5.18. The fourth-order valence-corrected chi connectivity index (χ4v) is 10.5. The van der Waals surface area contributed by atoms with Crippen LogP contribution in [0, 0.1) is 86.8 Å². The van der Waals surface area contributed by atoms with Crippen molar-refractivity contribution in [3.05, 3.63) is 0 Å². The van der Waals surface area contributed by atoms with Gasteiger partial charge in [0, 0.05) is 0 Å². The Morgan fingerprint density at radius 1 is 0.703 bits per heavy atom. The van der Waals surface area contributed by atoms with Gasteiger partial charge in [-0.05, 0) is 112 Å². The van der Waals surface area contributed by atoms with Gasteiger partial charge in [0.15, 0.2) is 0 Å². The van der Waals surface area contributed by atoms with Gasteiger partial charge in [-0.2, -0.15) is 0 Å². The van der Waals surface area contributed by atoms with Crippen molar-refractivity contribution in [3.8, 4) is 0 Å². The average Bonchev–Trinajstić information content (AvgIpc) is 3.63. The van der Waals surface area contributed by atoms with E-state index in [9.17, 15) is 0 Å². The van der Waals surface area contributed by atoms with Crippen LogP contribution in [0.25, 0.3) is 0 Å². The summed E-state index contributed by atoms with van der Waals surface area (Å²) in [5.41, 5.74) is 2.01. The van der Waals surface area contributed by atoms with Crippen molar-refractivity contribution in [2.24, 2.45) is 86.8 Å². The van der Waals surface area contributed by atoms with E-state index in [0.29, 0.717) is 21.7 Å². The van der Waals surface area contributed by atoms with Crippen LogP contribution in [0.3, 0.4) is 0 Å². The minimum atomic E-state index is 0.426. The summed E-state index contributed by atoms with van der Waals surface area (Å²) in [5, 5.41) is 0. The predicted octanol–water partition coefficient (Wildman–Crippen LogP) is 12.0. The highest BCUT2D eigenvalue weighted by Crippen LogP contribution is 2.77. The number of rotatable bonds is 14. The van der Waals surface area contributed by atoms with Crippen molar-refractivity contribution in [1.82, 2.24) is 0 Å². The average molecular weight is 517 g/mol. The summed E-state index contributed by atoms with van der Waals surface area (Å²) < 4.78 is 0. The molecule has 0 heterocycles. The molecular weight excluding hydrogens is 444 g/mol. The van der Waals surface area contributed by atoms with Gasteiger partial charge < -0.3 is 0 Å². The lowest BCUT2D eigenvalue weighted by Crippen LogP contribution is -2.40. The molecule has 12 unspecified atom stereocenters. The molecule has 0 bridgehead atoms. The van der Waals surface area contributed by atoms with Gasteiger partial charge >= 0.3 is 0 Å². The summed E-state index contributed by atoms with van der Waals surface area (Å²) in [6.07, 6.45) is 6.92. The molecule has 220 valence electrons. The molecular formula is C37H72. The Labute approximate surface area is 236 Å². The first-order valence-corrected chi connectivity index (χ1v) is 16.8. The Balaban J connectivity index is 2.22. The first-order valence-electron chi connectivity index (χ1n) is 16.8. The van der Waals surface area contributed by atoms with Crippen molar-refractivity contribution < 1.29 is 0 Å². The number of hydrogen-bond donors (Lipinski definition) is 0. The van der Waals surface area contributed by atoms with Crippen LogP contribution in [0.1, 0.15) is 150 Å². The Kier molecular flexibility index (Phi) is 10.3. The summed E-state index contributed by atoms with van der Waals surface area (Å²) in [4.78, 5) is 0. The zero-order valence-corrected chi connectivity index (χ0v) is 28.9. The second kappa shape index (κ2) is 11.5. The molecule has 0 radical (unpaired) electrons. The molecule has 0 aliphatic heterocycles. The second-order valence-electron chi connectivity index (χ2n) is 16.9. The lowest BCUT2D eigenvalue weighted by atomic mass is 9.59. The molecule has 37 heavy (non-hydrogen) atoms. The molecule has 0 N–H and O–H groups in total. The fraction of sp³-hybridized carbons (Fsp3) is 1.00. The summed E-state index contributed by atoms with van der Waals surface area (Å²) in [7, 11) is 0. The Morgan fingerprint density at radius 2 is 1.22 bits per heavy atom. The lowest BCUT2D eigenvalue weighted by molar-refractivity contribution is 0.0249. The van der Waals surface area contributed by atoms with E-state index in [1.807, 2.05) is 0 Å². The van der Waals surface area contributed by atoms with Gasteiger partial charge in [0.1, 0.15) is 0 Å². The fourth-order valence-electron chi connectivity index (χ4n) is 10.5. The zero-order chi connectivity index (χ0) is 28.9. The smallest absolute Gasteiger partial charge is 0.0205 e. The molecule has 0 aromatic heterocycles. The van der Waals surface area contributed by atoms with E-state index in [-0.39, 0.29) is 0 Å². The van der Waals surface area contributed by atoms with Crippen LogP contribution in [0.5, 0.6) is 0 Å². The molecule has 0 spiro atoms. The Morgan fingerprint density at radius 3 is 1.59 bits per heavy atom. The number of hydrogen-bond acceptors (Lipinski definition) is 0. The van der Waals surface area contributed by atoms with Gasteiger partial charge in [0.2, 0.25) is 0 Å². The van der Waals surface area contributed by atoms with E-state index in [1.54, 1.807) is 0 Å². The van der Waals surface area contributed by atoms with Crippen molar-refractivity contribution in [3.63, 3.8) is 0 Å². The lowest BCUT2D eigenvalue weighted by Gasteiger charge is -2.45. The van der Waals surface area contributed by atoms with Crippen LogP contribution in [0.15, 0.2) is 0 Å². The third kappa shape index (κ3) is 5.63. The molecule has 0 saturated heterocycles. The van der Waals surface area contributed by atoms with Gasteiger partial charge in [-0.1, -0.05) is 124 Å². The van der Waals surface area contributed by atoms with Crippen LogP contribution < -0.4 is 0 Å². The monoisotopic (exact) mass is 517 g/mol. The topological polar surface area (TPSA) is 0 Å². The molecule has 2 fully saturated rings. The molecule has 2 saturated carbocycles. The van der Waals surface area contributed by atoms with Crippen molar-refractivity contribution in [1.29, 1.82) is 0 Å². The highest BCUT2D eigenvalue weighted by atomic mass is 14.7. The maximum Gasteiger partial charge on any atom is -0.0205 e. The van der Waals surface area contributed by atoms with Gasteiger partial charge in [0.05, 0.1) is 0 Å². The van der Waals surface area contributed by atoms with E-state index in [4.69, 9.17) is 0 Å². The molecule has 2 aliphatic carbocycles. The maximum absolute atomic E-state index is 2.71.